The van der Waals surface area contributed by atoms with Gasteiger partial charge in [-0.3, -0.25) is 4.79 Å². The number of hydrogen-bond acceptors (Lipinski definition) is 3. The van der Waals surface area contributed by atoms with Crippen molar-refractivity contribution in [3.05, 3.63) is 23.8 Å². The summed E-state index contributed by atoms with van der Waals surface area (Å²) in [6, 6.07) is 0. The minimum Gasteiger partial charge on any atom is -0.399 e. The van der Waals surface area contributed by atoms with E-state index < -0.39 is 7.12 Å². The first-order chi connectivity index (χ1) is 8.84. The zero-order valence-electron chi connectivity index (χ0n) is 12.5. The molecule has 1 saturated heterocycles. The summed E-state index contributed by atoms with van der Waals surface area (Å²) in [6.07, 6.45) is 8.33. The van der Waals surface area contributed by atoms with Gasteiger partial charge in [-0.15, -0.1) is 0 Å². The van der Waals surface area contributed by atoms with Crippen molar-refractivity contribution in [3.8, 4) is 0 Å². The summed E-state index contributed by atoms with van der Waals surface area (Å²) in [4.78, 5) is 10.4. The van der Waals surface area contributed by atoms with Crippen LogP contribution in [0.5, 0.6) is 0 Å². The Morgan fingerprint density at radius 3 is 2.26 bits per heavy atom. The first-order valence-corrected chi connectivity index (χ1v) is 6.76. The fraction of sp³-hybridized carbons (Fsp3) is 0.643. The zero-order chi connectivity index (χ0) is 14.5. The molecule has 0 aliphatic carbocycles. The molecule has 0 atom stereocenters. The van der Waals surface area contributed by atoms with E-state index >= 15 is 0 Å². The quantitative estimate of drug-likeness (QED) is 0.456. The number of amides is 1. The second-order valence-electron chi connectivity index (χ2n) is 5.71. The number of nitrogens with one attached hydrogen (secondary N) is 1. The molecule has 5 heteroatoms. The van der Waals surface area contributed by atoms with E-state index in [-0.39, 0.29) is 11.2 Å². The molecule has 0 spiro atoms. The van der Waals surface area contributed by atoms with E-state index in [9.17, 15) is 4.79 Å². The van der Waals surface area contributed by atoms with Crippen LogP contribution in [-0.4, -0.2) is 24.7 Å². The Kier molecular flexibility index (Phi) is 5.38. The molecule has 19 heavy (non-hydrogen) atoms. The Bertz CT molecular complexity index is 359. The van der Waals surface area contributed by atoms with Crippen LogP contribution < -0.4 is 5.32 Å². The van der Waals surface area contributed by atoms with Crippen LogP contribution in [0.3, 0.4) is 0 Å². The number of rotatable bonds is 6. The molecule has 0 aromatic heterocycles. The highest BCUT2D eigenvalue weighted by molar-refractivity contribution is 6.55. The summed E-state index contributed by atoms with van der Waals surface area (Å²) in [5.74, 6) is 0. The first kappa shape index (κ1) is 16.0. The smallest absolute Gasteiger partial charge is 0.399 e. The standard InChI is InChI=1S/C14H24BNO3/c1-6-7-8-9-12(10-16-11-17)15-18-13(2,3)14(4,5)19-15/h8-11H,6-7H2,1-5H3,(H,16,17)/b9-8-,12-10+. The minimum absolute atomic E-state index is 0.378. The van der Waals surface area contributed by atoms with Gasteiger partial charge in [-0.05, 0) is 39.6 Å². The van der Waals surface area contributed by atoms with E-state index in [1.807, 2.05) is 33.8 Å². The summed E-state index contributed by atoms with van der Waals surface area (Å²) in [6.45, 7) is 10.1. The maximum absolute atomic E-state index is 10.4. The van der Waals surface area contributed by atoms with Gasteiger partial charge in [-0.25, -0.2) is 0 Å². The molecule has 4 nitrogen and oxygen atoms in total. The predicted octanol–water partition coefficient (Wildman–Crippen LogP) is 2.60. The van der Waals surface area contributed by atoms with E-state index in [2.05, 4.69) is 18.3 Å². The molecule has 0 radical (unpaired) electrons. The lowest BCUT2D eigenvalue weighted by atomic mass is 9.78. The highest BCUT2D eigenvalue weighted by atomic mass is 16.7. The maximum Gasteiger partial charge on any atom is 0.496 e. The normalized spacial score (nSPS) is 21.9. The Hall–Kier alpha value is -1.07. The molecule has 0 aromatic rings. The molecule has 1 N–H and O–H groups in total. The van der Waals surface area contributed by atoms with Gasteiger partial charge in [0.2, 0.25) is 6.41 Å². The minimum atomic E-state index is -0.453. The first-order valence-electron chi connectivity index (χ1n) is 6.76. The van der Waals surface area contributed by atoms with E-state index in [0.29, 0.717) is 6.41 Å². The largest absolute Gasteiger partial charge is 0.496 e. The van der Waals surface area contributed by atoms with E-state index in [1.54, 1.807) is 6.20 Å². The molecule has 1 aliphatic heterocycles. The highest BCUT2D eigenvalue weighted by Gasteiger charge is 2.52. The molecule has 1 heterocycles. The number of hydrogen-bond donors (Lipinski definition) is 1. The van der Waals surface area contributed by atoms with Crippen LogP contribution in [0, 0.1) is 0 Å². The molecular weight excluding hydrogens is 241 g/mol. The molecule has 0 unspecified atom stereocenters. The second kappa shape index (κ2) is 6.39. The molecular formula is C14H24BNO3. The zero-order valence-corrected chi connectivity index (χ0v) is 12.5. The van der Waals surface area contributed by atoms with Gasteiger partial charge in [-0.1, -0.05) is 25.5 Å². The van der Waals surface area contributed by atoms with Gasteiger partial charge < -0.3 is 14.6 Å². The molecule has 0 saturated carbocycles. The third kappa shape index (κ3) is 3.95. The van der Waals surface area contributed by atoms with Crippen molar-refractivity contribution < 1.29 is 14.1 Å². The van der Waals surface area contributed by atoms with Crippen molar-refractivity contribution in [1.82, 2.24) is 5.32 Å². The Labute approximate surface area is 116 Å². The van der Waals surface area contributed by atoms with Crippen molar-refractivity contribution in [1.29, 1.82) is 0 Å². The topological polar surface area (TPSA) is 47.6 Å². The van der Waals surface area contributed by atoms with E-state index in [4.69, 9.17) is 9.31 Å². The third-order valence-corrected chi connectivity index (χ3v) is 3.61. The van der Waals surface area contributed by atoms with Crippen molar-refractivity contribution >= 4 is 13.5 Å². The second-order valence-corrected chi connectivity index (χ2v) is 5.71. The average Bonchev–Trinajstić information content (AvgIpc) is 2.53. The van der Waals surface area contributed by atoms with Gasteiger partial charge in [0.1, 0.15) is 0 Å². The Morgan fingerprint density at radius 1 is 1.21 bits per heavy atom. The fourth-order valence-corrected chi connectivity index (χ4v) is 1.69. The summed E-state index contributed by atoms with van der Waals surface area (Å²) >= 11 is 0. The van der Waals surface area contributed by atoms with Gasteiger partial charge in [0.15, 0.2) is 0 Å². The SMILES string of the molecule is CCC/C=C\C(=C/NC=O)B1OC(C)(C)C(C)(C)O1. The molecule has 106 valence electrons. The van der Waals surface area contributed by atoms with Gasteiger partial charge >= 0.3 is 7.12 Å². The fourth-order valence-electron chi connectivity index (χ4n) is 1.69. The molecule has 0 aromatic carbocycles. The Balaban J connectivity index is 2.86. The van der Waals surface area contributed by atoms with Crippen molar-refractivity contribution in [2.24, 2.45) is 0 Å². The lowest BCUT2D eigenvalue weighted by molar-refractivity contribution is -0.108. The highest BCUT2D eigenvalue weighted by Crippen LogP contribution is 2.38. The maximum atomic E-state index is 10.4. The van der Waals surface area contributed by atoms with Crippen LogP contribution in [-0.2, 0) is 14.1 Å². The van der Waals surface area contributed by atoms with E-state index in [0.717, 1.165) is 18.3 Å². The average molecular weight is 265 g/mol. The molecule has 1 rings (SSSR count). The lowest BCUT2D eigenvalue weighted by Gasteiger charge is -2.32. The van der Waals surface area contributed by atoms with Crippen LogP contribution in [0.25, 0.3) is 0 Å². The van der Waals surface area contributed by atoms with Crippen molar-refractivity contribution in [2.45, 2.75) is 58.7 Å². The van der Waals surface area contributed by atoms with Crippen molar-refractivity contribution in [2.75, 3.05) is 0 Å². The monoisotopic (exact) mass is 265 g/mol. The molecule has 1 fully saturated rings. The van der Waals surface area contributed by atoms with Crippen LogP contribution in [0.15, 0.2) is 23.8 Å². The number of allylic oxidation sites excluding steroid dienone is 3. The summed E-state index contributed by atoms with van der Waals surface area (Å²) in [7, 11) is -0.453. The Morgan fingerprint density at radius 2 is 1.79 bits per heavy atom. The van der Waals surface area contributed by atoms with Gasteiger partial charge in [0, 0.05) is 6.20 Å². The number of unbranched alkanes of at least 4 members (excludes halogenated alkanes) is 1. The van der Waals surface area contributed by atoms with Crippen molar-refractivity contribution in [3.63, 3.8) is 0 Å². The summed E-state index contributed by atoms with van der Waals surface area (Å²) in [5, 5.41) is 2.55. The van der Waals surface area contributed by atoms with Gasteiger partial charge in [-0.2, -0.15) is 0 Å². The third-order valence-electron chi connectivity index (χ3n) is 3.61. The van der Waals surface area contributed by atoms with Crippen LogP contribution in [0.1, 0.15) is 47.5 Å². The number of carbonyl (C=O) groups excluding carboxylic acids is 1. The molecule has 1 amide bonds. The van der Waals surface area contributed by atoms with E-state index in [1.165, 1.54) is 0 Å². The summed E-state index contributed by atoms with van der Waals surface area (Å²) in [5.41, 5.74) is 0.0618. The van der Waals surface area contributed by atoms with Crippen LogP contribution in [0.4, 0.5) is 0 Å². The molecule has 1 aliphatic rings. The predicted molar refractivity (Wildman–Crippen MR) is 77.4 cm³/mol. The van der Waals surface area contributed by atoms with Crippen LogP contribution >= 0.6 is 0 Å². The van der Waals surface area contributed by atoms with Gasteiger partial charge in [0.25, 0.3) is 0 Å². The van der Waals surface area contributed by atoms with Crippen LogP contribution in [0.2, 0.25) is 0 Å². The number of carbonyl (C=O) groups is 1. The molecule has 0 bridgehead atoms. The lowest BCUT2D eigenvalue weighted by Crippen LogP contribution is -2.41. The van der Waals surface area contributed by atoms with Gasteiger partial charge in [0.05, 0.1) is 11.2 Å². The summed E-state index contributed by atoms with van der Waals surface area (Å²) < 4.78 is 11.9.